The van der Waals surface area contributed by atoms with Gasteiger partial charge in [-0.15, -0.1) is 22.9 Å². The zero-order valence-corrected chi connectivity index (χ0v) is 12.6. The number of rotatable bonds is 6. The average Bonchev–Trinajstić information content (AvgIpc) is 2.87. The van der Waals surface area contributed by atoms with E-state index in [9.17, 15) is 8.78 Å². The molecule has 0 fully saturated rings. The molecule has 0 aliphatic heterocycles. The zero-order valence-electron chi connectivity index (χ0n) is 11.0. The third-order valence-electron chi connectivity index (χ3n) is 2.79. The maximum Gasteiger partial charge on any atom is 0.251 e. The highest BCUT2D eigenvalue weighted by Crippen LogP contribution is 2.24. The van der Waals surface area contributed by atoms with Crippen LogP contribution in [0.1, 0.15) is 11.3 Å². The molecule has 1 heterocycles. The van der Waals surface area contributed by atoms with Crippen LogP contribution in [0.25, 0.3) is 10.6 Å². The first-order valence-electron chi connectivity index (χ1n) is 6.15. The quantitative estimate of drug-likeness (QED) is 0.741. The lowest BCUT2D eigenvalue weighted by molar-refractivity contribution is 0.0975. The van der Waals surface area contributed by atoms with Crippen molar-refractivity contribution in [2.75, 3.05) is 13.6 Å². The first-order valence-corrected chi connectivity index (χ1v) is 7.56. The molecule has 0 saturated heterocycles. The SMILES string of the molecule is CN(Cc1ccc(-c2nc(CCl)cs2)cc1)CC(F)F. The summed E-state index contributed by atoms with van der Waals surface area (Å²) in [7, 11) is 1.69. The van der Waals surface area contributed by atoms with Gasteiger partial charge >= 0.3 is 0 Å². The number of alkyl halides is 3. The zero-order chi connectivity index (χ0) is 14.5. The molecule has 0 aliphatic carbocycles. The molecule has 0 bridgehead atoms. The normalized spacial score (nSPS) is 11.5. The van der Waals surface area contributed by atoms with Crippen LogP contribution in [0.15, 0.2) is 29.6 Å². The molecule has 0 atom stereocenters. The highest BCUT2D eigenvalue weighted by Gasteiger charge is 2.09. The highest BCUT2D eigenvalue weighted by molar-refractivity contribution is 7.13. The van der Waals surface area contributed by atoms with Gasteiger partial charge in [0.15, 0.2) is 0 Å². The van der Waals surface area contributed by atoms with E-state index in [1.807, 2.05) is 29.6 Å². The van der Waals surface area contributed by atoms with E-state index >= 15 is 0 Å². The predicted octanol–water partition coefficient (Wildman–Crippen LogP) is 4.25. The molecular formula is C14H15ClF2N2S. The standard InChI is InChI=1S/C14H15ClF2N2S/c1-19(8-13(16)17)7-10-2-4-11(5-3-10)14-18-12(6-15)9-20-14/h2-5,9,13H,6-8H2,1H3. The second-order valence-electron chi connectivity index (χ2n) is 4.56. The van der Waals surface area contributed by atoms with E-state index in [0.717, 1.165) is 21.8 Å². The lowest BCUT2D eigenvalue weighted by Crippen LogP contribution is -2.23. The van der Waals surface area contributed by atoms with Crippen molar-refractivity contribution in [3.05, 3.63) is 40.9 Å². The Labute approximate surface area is 126 Å². The molecule has 2 nitrogen and oxygen atoms in total. The van der Waals surface area contributed by atoms with Gasteiger partial charge in [0.1, 0.15) is 5.01 Å². The van der Waals surface area contributed by atoms with Gasteiger partial charge in [-0.05, 0) is 12.6 Å². The third-order valence-corrected chi connectivity index (χ3v) is 4.01. The van der Waals surface area contributed by atoms with E-state index in [-0.39, 0.29) is 6.54 Å². The fraction of sp³-hybridized carbons (Fsp3) is 0.357. The Morgan fingerprint density at radius 3 is 2.55 bits per heavy atom. The van der Waals surface area contributed by atoms with E-state index < -0.39 is 6.43 Å². The third kappa shape index (κ3) is 4.23. The van der Waals surface area contributed by atoms with Gasteiger partial charge in [-0.1, -0.05) is 24.3 Å². The molecule has 0 unspecified atom stereocenters. The summed E-state index contributed by atoms with van der Waals surface area (Å²) >= 11 is 7.28. The monoisotopic (exact) mass is 316 g/mol. The van der Waals surface area contributed by atoms with E-state index in [0.29, 0.717) is 12.4 Å². The lowest BCUT2D eigenvalue weighted by Gasteiger charge is -2.15. The molecule has 108 valence electrons. The summed E-state index contributed by atoms with van der Waals surface area (Å²) in [5.74, 6) is 0.410. The van der Waals surface area contributed by atoms with E-state index in [1.54, 1.807) is 23.3 Å². The predicted molar refractivity (Wildman–Crippen MR) is 79.4 cm³/mol. The summed E-state index contributed by atoms with van der Waals surface area (Å²) in [6, 6.07) is 7.81. The fourth-order valence-corrected chi connectivity index (χ4v) is 2.92. The van der Waals surface area contributed by atoms with Gasteiger partial charge in [-0.2, -0.15) is 0 Å². The van der Waals surface area contributed by atoms with Crippen LogP contribution >= 0.6 is 22.9 Å². The van der Waals surface area contributed by atoms with Crippen LogP contribution < -0.4 is 0 Å². The van der Waals surface area contributed by atoms with Crippen molar-refractivity contribution in [1.82, 2.24) is 9.88 Å². The van der Waals surface area contributed by atoms with Crippen LogP contribution in [0.5, 0.6) is 0 Å². The van der Waals surface area contributed by atoms with Gasteiger partial charge in [0.05, 0.1) is 18.1 Å². The van der Waals surface area contributed by atoms with Gasteiger partial charge < -0.3 is 0 Å². The Kier molecular flexibility index (Phi) is 5.46. The number of hydrogen-bond acceptors (Lipinski definition) is 3. The highest BCUT2D eigenvalue weighted by atomic mass is 35.5. The molecule has 0 saturated carbocycles. The van der Waals surface area contributed by atoms with E-state index in [2.05, 4.69) is 4.98 Å². The first kappa shape index (κ1) is 15.4. The summed E-state index contributed by atoms with van der Waals surface area (Å²) in [5.41, 5.74) is 2.89. The molecule has 2 rings (SSSR count). The topological polar surface area (TPSA) is 16.1 Å². The Balaban J connectivity index is 2.02. The largest absolute Gasteiger partial charge is 0.297 e. The summed E-state index contributed by atoms with van der Waals surface area (Å²) in [6.45, 7) is 0.294. The van der Waals surface area contributed by atoms with Crippen LogP contribution in [0.4, 0.5) is 8.78 Å². The number of thiazole rings is 1. The van der Waals surface area contributed by atoms with Crippen molar-refractivity contribution in [2.45, 2.75) is 18.9 Å². The summed E-state index contributed by atoms with van der Waals surface area (Å²) in [5, 5.41) is 2.86. The van der Waals surface area contributed by atoms with E-state index in [4.69, 9.17) is 11.6 Å². The molecule has 2 aromatic rings. The molecule has 6 heteroatoms. The fourth-order valence-electron chi connectivity index (χ4n) is 1.87. The van der Waals surface area contributed by atoms with Gasteiger partial charge in [-0.25, -0.2) is 13.8 Å². The maximum absolute atomic E-state index is 12.2. The minimum absolute atomic E-state index is 0.215. The van der Waals surface area contributed by atoms with Crippen molar-refractivity contribution in [2.24, 2.45) is 0 Å². The van der Waals surface area contributed by atoms with Gasteiger partial charge in [0.25, 0.3) is 6.43 Å². The molecule has 1 aromatic heterocycles. The summed E-state index contributed by atoms with van der Waals surface area (Å²) in [6.07, 6.45) is -2.30. The van der Waals surface area contributed by atoms with Crippen molar-refractivity contribution in [1.29, 1.82) is 0 Å². The van der Waals surface area contributed by atoms with Crippen molar-refractivity contribution in [3.63, 3.8) is 0 Å². The van der Waals surface area contributed by atoms with Crippen molar-refractivity contribution in [3.8, 4) is 10.6 Å². The summed E-state index contributed by atoms with van der Waals surface area (Å²) in [4.78, 5) is 6.01. The summed E-state index contributed by atoms with van der Waals surface area (Å²) < 4.78 is 24.5. The lowest BCUT2D eigenvalue weighted by atomic mass is 10.1. The number of nitrogens with zero attached hydrogens (tertiary/aromatic N) is 2. The molecule has 20 heavy (non-hydrogen) atoms. The molecule has 0 spiro atoms. The van der Waals surface area contributed by atoms with Crippen molar-refractivity contribution < 1.29 is 8.78 Å². The van der Waals surface area contributed by atoms with E-state index in [1.165, 1.54) is 0 Å². The minimum Gasteiger partial charge on any atom is -0.297 e. The second kappa shape index (κ2) is 7.11. The molecule has 0 radical (unpaired) electrons. The van der Waals surface area contributed by atoms with Crippen LogP contribution in [-0.2, 0) is 12.4 Å². The molecule has 0 N–H and O–H groups in total. The number of hydrogen-bond donors (Lipinski definition) is 0. The molecular weight excluding hydrogens is 302 g/mol. The van der Waals surface area contributed by atoms with Crippen LogP contribution in [0, 0.1) is 0 Å². The first-order chi connectivity index (χ1) is 9.58. The van der Waals surface area contributed by atoms with Crippen molar-refractivity contribution >= 4 is 22.9 Å². The minimum atomic E-state index is -2.30. The van der Waals surface area contributed by atoms with Crippen LogP contribution in [0.3, 0.4) is 0 Å². The number of halogens is 3. The van der Waals surface area contributed by atoms with Gasteiger partial charge in [0.2, 0.25) is 0 Å². The second-order valence-corrected chi connectivity index (χ2v) is 5.69. The van der Waals surface area contributed by atoms with Crippen LogP contribution in [-0.4, -0.2) is 29.9 Å². The molecule has 1 aromatic carbocycles. The number of aromatic nitrogens is 1. The number of benzene rings is 1. The Hall–Kier alpha value is -1.04. The van der Waals surface area contributed by atoms with Gasteiger partial charge in [0, 0.05) is 17.5 Å². The Morgan fingerprint density at radius 2 is 2.00 bits per heavy atom. The average molecular weight is 317 g/mol. The Morgan fingerprint density at radius 1 is 1.30 bits per heavy atom. The Bertz CT molecular complexity index is 542. The molecule has 0 amide bonds. The van der Waals surface area contributed by atoms with Gasteiger partial charge in [-0.3, -0.25) is 4.90 Å². The van der Waals surface area contributed by atoms with Crippen LogP contribution in [0.2, 0.25) is 0 Å². The smallest absolute Gasteiger partial charge is 0.251 e. The maximum atomic E-state index is 12.2. The molecule has 0 aliphatic rings.